The molecule has 2 aromatic rings. The zero-order valence-corrected chi connectivity index (χ0v) is 11.6. The van der Waals surface area contributed by atoms with Gasteiger partial charge in [-0.3, -0.25) is 4.72 Å². The fourth-order valence-corrected chi connectivity index (χ4v) is 2.87. The number of imidazole rings is 1. The molecule has 6 nitrogen and oxygen atoms in total. The van der Waals surface area contributed by atoms with E-state index in [1.807, 2.05) is 13.0 Å². The Morgan fingerprint density at radius 3 is 2.68 bits per heavy atom. The Labute approximate surface area is 112 Å². The molecule has 0 saturated carbocycles. The normalized spacial score (nSPS) is 11.5. The Hall–Kier alpha value is -1.86. The summed E-state index contributed by atoms with van der Waals surface area (Å²) >= 11 is 0. The maximum Gasteiger partial charge on any atom is 0.278 e. The molecule has 0 unspecified atom stereocenters. The van der Waals surface area contributed by atoms with Gasteiger partial charge in [0.2, 0.25) is 0 Å². The predicted molar refractivity (Wildman–Crippen MR) is 73.2 cm³/mol. The first-order chi connectivity index (χ1) is 8.94. The summed E-state index contributed by atoms with van der Waals surface area (Å²) < 4.78 is 26.9. The molecule has 1 aromatic heterocycles. The number of hydrogen-bond acceptors (Lipinski definition) is 4. The van der Waals surface area contributed by atoms with E-state index in [0.717, 1.165) is 11.1 Å². The van der Waals surface area contributed by atoms with E-state index in [-0.39, 0.29) is 11.6 Å². The van der Waals surface area contributed by atoms with Crippen molar-refractivity contribution in [3.8, 4) is 0 Å². The highest BCUT2D eigenvalue weighted by Crippen LogP contribution is 2.21. The standard InChI is InChI=1S/C12H16N4O2S/c1-8-4-3-5-11(10(8)6-13)16-19(17,18)12-7-14-9(2)15-12/h3-5,7,16H,6,13H2,1-2H3,(H,14,15). The monoisotopic (exact) mass is 280 g/mol. The highest BCUT2D eigenvalue weighted by molar-refractivity contribution is 7.92. The first-order valence-electron chi connectivity index (χ1n) is 5.77. The van der Waals surface area contributed by atoms with Gasteiger partial charge in [0.15, 0.2) is 5.03 Å². The summed E-state index contributed by atoms with van der Waals surface area (Å²) in [4.78, 5) is 6.58. The van der Waals surface area contributed by atoms with Gasteiger partial charge >= 0.3 is 0 Å². The highest BCUT2D eigenvalue weighted by Gasteiger charge is 2.18. The Morgan fingerprint density at radius 1 is 1.37 bits per heavy atom. The molecule has 1 heterocycles. The van der Waals surface area contributed by atoms with Gasteiger partial charge in [0, 0.05) is 6.54 Å². The van der Waals surface area contributed by atoms with Crippen LogP contribution in [0.2, 0.25) is 0 Å². The summed E-state index contributed by atoms with van der Waals surface area (Å²) in [5.41, 5.74) is 7.88. The molecule has 0 aliphatic carbocycles. The van der Waals surface area contributed by atoms with Crippen molar-refractivity contribution in [3.63, 3.8) is 0 Å². The fourth-order valence-electron chi connectivity index (χ4n) is 1.80. The number of rotatable bonds is 4. The summed E-state index contributed by atoms with van der Waals surface area (Å²) in [6.07, 6.45) is 1.29. The lowest BCUT2D eigenvalue weighted by Gasteiger charge is -2.12. The molecular weight excluding hydrogens is 264 g/mol. The molecular formula is C12H16N4O2S. The third-order valence-electron chi connectivity index (χ3n) is 2.83. The molecule has 2 rings (SSSR count). The van der Waals surface area contributed by atoms with Crippen LogP contribution in [0.4, 0.5) is 5.69 Å². The predicted octanol–water partition coefficient (Wildman–Crippen LogP) is 1.29. The van der Waals surface area contributed by atoms with Crippen LogP contribution in [0.5, 0.6) is 0 Å². The number of aromatic amines is 1. The van der Waals surface area contributed by atoms with Gasteiger partial charge in [0.25, 0.3) is 10.0 Å². The number of H-pyrrole nitrogens is 1. The largest absolute Gasteiger partial charge is 0.332 e. The van der Waals surface area contributed by atoms with E-state index >= 15 is 0 Å². The summed E-state index contributed by atoms with van der Waals surface area (Å²) in [5, 5.41) is 0.0366. The maximum absolute atomic E-state index is 12.2. The van der Waals surface area contributed by atoms with Gasteiger partial charge in [0.1, 0.15) is 5.82 Å². The second-order valence-corrected chi connectivity index (χ2v) is 5.89. The first kappa shape index (κ1) is 13.6. The van der Waals surface area contributed by atoms with Crippen molar-refractivity contribution in [3.05, 3.63) is 41.3 Å². The minimum Gasteiger partial charge on any atom is -0.332 e. The maximum atomic E-state index is 12.2. The Morgan fingerprint density at radius 2 is 2.11 bits per heavy atom. The van der Waals surface area contributed by atoms with E-state index in [9.17, 15) is 8.42 Å². The number of nitrogens with one attached hydrogen (secondary N) is 2. The SMILES string of the molecule is Cc1ncc(S(=O)(=O)Nc2cccc(C)c2CN)[nH]1. The fraction of sp³-hybridized carbons (Fsp3) is 0.250. The minimum atomic E-state index is -3.67. The summed E-state index contributed by atoms with van der Waals surface area (Å²) in [5.74, 6) is 0.545. The molecule has 19 heavy (non-hydrogen) atoms. The zero-order chi connectivity index (χ0) is 14.0. The molecule has 0 amide bonds. The molecule has 7 heteroatoms. The van der Waals surface area contributed by atoms with E-state index in [4.69, 9.17) is 5.73 Å². The van der Waals surface area contributed by atoms with Gasteiger partial charge in [0.05, 0.1) is 11.9 Å². The van der Waals surface area contributed by atoms with Gasteiger partial charge in [-0.25, -0.2) is 4.98 Å². The molecule has 4 N–H and O–H groups in total. The molecule has 0 spiro atoms. The number of hydrogen-bond donors (Lipinski definition) is 3. The average molecular weight is 280 g/mol. The van der Waals surface area contributed by atoms with Crippen LogP contribution >= 0.6 is 0 Å². The van der Waals surface area contributed by atoms with Crippen LogP contribution in [0.15, 0.2) is 29.4 Å². The van der Waals surface area contributed by atoms with Gasteiger partial charge in [-0.2, -0.15) is 8.42 Å². The second-order valence-electron chi connectivity index (χ2n) is 4.24. The third-order valence-corrected chi connectivity index (χ3v) is 4.10. The van der Waals surface area contributed by atoms with Crippen LogP contribution < -0.4 is 10.5 Å². The molecule has 0 aliphatic rings. The van der Waals surface area contributed by atoms with E-state index in [2.05, 4.69) is 14.7 Å². The topological polar surface area (TPSA) is 101 Å². The average Bonchev–Trinajstić information content (AvgIpc) is 2.76. The van der Waals surface area contributed by atoms with Crippen LogP contribution in [0, 0.1) is 13.8 Å². The van der Waals surface area contributed by atoms with Gasteiger partial charge < -0.3 is 10.7 Å². The van der Waals surface area contributed by atoms with Crippen LogP contribution in [0.1, 0.15) is 17.0 Å². The summed E-state index contributed by atoms with van der Waals surface area (Å²) in [6, 6.07) is 5.36. The van der Waals surface area contributed by atoms with Gasteiger partial charge in [-0.1, -0.05) is 12.1 Å². The van der Waals surface area contributed by atoms with Crippen LogP contribution in [-0.4, -0.2) is 18.4 Å². The van der Waals surface area contributed by atoms with E-state index < -0.39 is 10.0 Å². The lowest BCUT2D eigenvalue weighted by atomic mass is 10.1. The number of sulfonamides is 1. The highest BCUT2D eigenvalue weighted by atomic mass is 32.2. The molecule has 0 fully saturated rings. The third kappa shape index (κ3) is 2.77. The van der Waals surface area contributed by atoms with Crippen molar-refractivity contribution < 1.29 is 8.42 Å². The number of nitrogens with two attached hydrogens (primary N) is 1. The number of nitrogens with zero attached hydrogens (tertiary/aromatic N) is 1. The van der Waals surface area contributed by atoms with Gasteiger partial charge in [-0.15, -0.1) is 0 Å². The summed E-state index contributed by atoms with van der Waals surface area (Å²) in [7, 11) is -3.67. The van der Waals surface area contributed by atoms with Crippen LogP contribution in [0.3, 0.4) is 0 Å². The first-order valence-corrected chi connectivity index (χ1v) is 7.25. The quantitative estimate of drug-likeness (QED) is 0.785. The summed E-state index contributed by atoms with van der Waals surface area (Å²) in [6.45, 7) is 3.85. The number of anilines is 1. The second kappa shape index (κ2) is 5.02. The molecule has 0 radical (unpaired) electrons. The van der Waals surface area contributed by atoms with Gasteiger partial charge in [-0.05, 0) is 31.0 Å². The Kier molecular flexibility index (Phi) is 3.59. The van der Waals surface area contributed by atoms with Crippen molar-refractivity contribution in [2.24, 2.45) is 5.73 Å². The van der Waals surface area contributed by atoms with E-state index in [1.54, 1.807) is 19.1 Å². The number of aromatic nitrogens is 2. The number of benzene rings is 1. The van der Waals surface area contributed by atoms with Crippen LogP contribution in [-0.2, 0) is 16.6 Å². The lowest BCUT2D eigenvalue weighted by Crippen LogP contribution is -2.16. The Balaban J connectivity index is 2.38. The Bertz CT molecular complexity index is 692. The molecule has 1 aromatic carbocycles. The van der Waals surface area contributed by atoms with E-state index in [1.165, 1.54) is 6.20 Å². The van der Waals surface area contributed by atoms with Crippen molar-refractivity contribution >= 4 is 15.7 Å². The lowest BCUT2D eigenvalue weighted by molar-refractivity contribution is 0.598. The van der Waals surface area contributed by atoms with Crippen molar-refractivity contribution in [2.75, 3.05) is 4.72 Å². The molecule has 102 valence electrons. The van der Waals surface area contributed by atoms with Crippen molar-refractivity contribution in [1.82, 2.24) is 9.97 Å². The molecule has 0 aliphatic heterocycles. The molecule has 0 saturated heterocycles. The number of aryl methyl sites for hydroxylation is 2. The zero-order valence-electron chi connectivity index (χ0n) is 10.8. The minimum absolute atomic E-state index is 0.0366. The van der Waals surface area contributed by atoms with E-state index in [0.29, 0.717) is 11.5 Å². The smallest absolute Gasteiger partial charge is 0.278 e. The molecule has 0 atom stereocenters. The van der Waals surface area contributed by atoms with Crippen molar-refractivity contribution in [2.45, 2.75) is 25.4 Å². The van der Waals surface area contributed by atoms with Crippen molar-refractivity contribution in [1.29, 1.82) is 0 Å². The van der Waals surface area contributed by atoms with Crippen LogP contribution in [0.25, 0.3) is 0 Å². The molecule has 0 bridgehead atoms.